The van der Waals surface area contributed by atoms with Crippen molar-refractivity contribution in [2.45, 2.75) is 83.3 Å². The molecule has 1 fully saturated rings. The molecule has 1 saturated carbocycles. The average Bonchev–Trinajstić information content (AvgIpc) is 2.25. The number of aliphatic hydroxyl groups is 1. The van der Waals surface area contributed by atoms with Crippen LogP contribution in [0.15, 0.2) is 0 Å². The number of hydrogen-bond acceptors (Lipinski definition) is 3. The zero-order valence-corrected chi connectivity index (χ0v) is 11.0. The Labute approximate surface area is 105 Å². The van der Waals surface area contributed by atoms with Gasteiger partial charge in [0, 0.05) is 6.92 Å². The molecule has 0 atom stereocenters. The maximum absolute atomic E-state index is 11.0. The topological polar surface area (TPSA) is 46.5 Å². The van der Waals surface area contributed by atoms with E-state index in [1.807, 2.05) is 0 Å². The van der Waals surface area contributed by atoms with Crippen LogP contribution in [0.1, 0.15) is 71.1 Å². The van der Waals surface area contributed by atoms with Gasteiger partial charge in [-0.05, 0) is 38.5 Å². The monoisotopic (exact) mass is 242 g/mol. The number of ether oxygens (including phenoxy) is 1. The van der Waals surface area contributed by atoms with Crippen molar-refractivity contribution in [2.75, 3.05) is 0 Å². The summed E-state index contributed by atoms with van der Waals surface area (Å²) in [7, 11) is 0. The lowest BCUT2D eigenvalue weighted by Gasteiger charge is -2.18. The normalized spacial score (nSPS) is 28.8. The second-order valence-corrected chi connectivity index (χ2v) is 5.16. The number of hydrogen-bond donors (Lipinski definition) is 1. The molecule has 1 N–H and O–H groups in total. The van der Waals surface area contributed by atoms with E-state index < -0.39 is 0 Å². The molecule has 0 aromatic heterocycles. The molecule has 1 rings (SSSR count). The SMILES string of the molecule is CC(=O)OC1CCCCCC(O)CCCCC1. The Hall–Kier alpha value is -0.570. The maximum Gasteiger partial charge on any atom is 0.302 e. The van der Waals surface area contributed by atoms with E-state index >= 15 is 0 Å². The second kappa shape index (κ2) is 8.51. The van der Waals surface area contributed by atoms with Crippen LogP contribution < -0.4 is 0 Å². The number of esters is 1. The number of carbonyl (C=O) groups excluding carboxylic acids is 1. The van der Waals surface area contributed by atoms with E-state index in [2.05, 4.69) is 0 Å². The van der Waals surface area contributed by atoms with Crippen molar-refractivity contribution in [3.63, 3.8) is 0 Å². The van der Waals surface area contributed by atoms with E-state index in [0.717, 1.165) is 64.2 Å². The molecule has 0 bridgehead atoms. The van der Waals surface area contributed by atoms with Crippen molar-refractivity contribution in [3.8, 4) is 0 Å². The lowest BCUT2D eigenvalue weighted by molar-refractivity contribution is -0.147. The molecule has 0 saturated heterocycles. The number of carbonyl (C=O) groups is 1. The molecule has 1 aliphatic carbocycles. The van der Waals surface area contributed by atoms with Crippen LogP contribution in [0.3, 0.4) is 0 Å². The first kappa shape index (κ1) is 14.5. The van der Waals surface area contributed by atoms with Crippen molar-refractivity contribution in [2.24, 2.45) is 0 Å². The van der Waals surface area contributed by atoms with Crippen molar-refractivity contribution < 1.29 is 14.6 Å². The van der Waals surface area contributed by atoms with Gasteiger partial charge in [-0.2, -0.15) is 0 Å². The molecule has 3 heteroatoms. The fourth-order valence-electron chi connectivity index (χ4n) is 2.50. The summed E-state index contributed by atoms with van der Waals surface area (Å²) in [5.41, 5.74) is 0. The van der Waals surface area contributed by atoms with Gasteiger partial charge in [-0.15, -0.1) is 0 Å². The average molecular weight is 242 g/mol. The summed E-state index contributed by atoms with van der Waals surface area (Å²) in [6.45, 7) is 1.49. The Morgan fingerprint density at radius 1 is 0.941 bits per heavy atom. The summed E-state index contributed by atoms with van der Waals surface area (Å²) < 4.78 is 5.33. The van der Waals surface area contributed by atoms with Gasteiger partial charge in [-0.1, -0.05) is 25.7 Å². The zero-order valence-electron chi connectivity index (χ0n) is 11.0. The van der Waals surface area contributed by atoms with Crippen LogP contribution in [-0.4, -0.2) is 23.3 Å². The minimum Gasteiger partial charge on any atom is -0.463 e. The van der Waals surface area contributed by atoms with E-state index in [4.69, 9.17) is 4.74 Å². The van der Waals surface area contributed by atoms with Gasteiger partial charge in [-0.3, -0.25) is 4.79 Å². The molecule has 0 aromatic rings. The third kappa shape index (κ3) is 7.37. The first-order chi connectivity index (χ1) is 8.18. The number of aliphatic hydroxyl groups excluding tert-OH is 1. The van der Waals surface area contributed by atoms with Crippen molar-refractivity contribution >= 4 is 5.97 Å². The Morgan fingerprint density at radius 3 is 1.88 bits per heavy atom. The van der Waals surface area contributed by atoms with E-state index in [0.29, 0.717) is 0 Å². The highest BCUT2D eigenvalue weighted by Gasteiger charge is 2.13. The Kier molecular flexibility index (Phi) is 7.25. The van der Waals surface area contributed by atoms with Gasteiger partial charge in [0.25, 0.3) is 0 Å². The molecular weight excluding hydrogens is 216 g/mol. The molecule has 0 aromatic carbocycles. The Morgan fingerprint density at radius 2 is 1.41 bits per heavy atom. The number of rotatable bonds is 1. The van der Waals surface area contributed by atoms with Crippen LogP contribution >= 0.6 is 0 Å². The lowest BCUT2D eigenvalue weighted by Crippen LogP contribution is -2.17. The van der Waals surface area contributed by atoms with E-state index in [-0.39, 0.29) is 18.2 Å². The minimum atomic E-state index is -0.155. The maximum atomic E-state index is 11.0. The molecule has 1 aliphatic rings. The molecule has 0 unspecified atom stereocenters. The molecule has 0 amide bonds. The van der Waals surface area contributed by atoms with Crippen molar-refractivity contribution in [1.29, 1.82) is 0 Å². The molecule has 17 heavy (non-hydrogen) atoms. The molecule has 0 heterocycles. The Bertz CT molecular complexity index is 202. The third-order valence-corrected chi connectivity index (χ3v) is 3.46. The second-order valence-electron chi connectivity index (χ2n) is 5.16. The van der Waals surface area contributed by atoms with Crippen LogP contribution in [0.2, 0.25) is 0 Å². The van der Waals surface area contributed by atoms with Gasteiger partial charge in [0.1, 0.15) is 6.10 Å². The van der Waals surface area contributed by atoms with Crippen molar-refractivity contribution in [3.05, 3.63) is 0 Å². The summed E-state index contributed by atoms with van der Waals surface area (Å²) in [4.78, 5) is 11.0. The van der Waals surface area contributed by atoms with Crippen molar-refractivity contribution in [1.82, 2.24) is 0 Å². The van der Waals surface area contributed by atoms with E-state index in [9.17, 15) is 9.90 Å². The smallest absolute Gasteiger partial charge is 0.302 e. The lowest BCUT2D eigenvalue weighted by atomic mass is 9.98. The van der Waals surface area contributed by atoms with Crippen LogP contribution in [-0.2, 0) is 9.53 Å². The predicted octanol–water partition coefficient (Wildman–Crippen LogP) is 3.19. The van der Waals surface area contributed by atoms with Gasteiger partial charge in [0.05, 0.1) is 6.10 Å². The summed E-state index contributed by atoms with van der Waals surface area (Å²) >= 11 is 0. The first-order valence-electron chi connectivity index (χ1n) is 7.04. The first-order valence-corrected chi connectivity index (χ1v) is 7.04. The predicted molar refractivity (Wildman–Crippen MR) is 67.7 cm³/mol. The summed E-state index contributed by atoms with van der Waals surface area (Å²) in [6, 6.07) is 0. The molecular formula is C14H26O3. The van der Waals surface area contributed by atoms with Gasteiger partial charge in [-0.25, -0.2) is 0 Å². The molecule has 0 aliphatic heterocycles. The quantitative estimate of drug-likeness (QED) is 0.718. The van der Waals surface area contributed by atoms with E-state index in [1.165, 1.54) is 6.92 Å². The molecule has 3 nitrogen and oxygen atoms in total. The fourth-order valence-corrected chi connectivity index (χ4v) is 2.50. The van der Waals surface area contributed by atoms with E-state index in [1.54, 1.807) is 0 Å². The van der Waals surface area contributed by atoms with Gasteiger partial charge in [0.15, 0.2) is 0 Å². The van der Waals surface area contributed by atoms with Gasteiger partial charge >= 0.3 is 5.97 Å². The summed E-state index contributed by atoms with van der Waals surface area (Å²) in [5.74, 6) is -0.155. The minimum absolute atomic E-state index is 0.0984. The fraction of sp³-hybridized carbons (Fsp3) is 0.929. The highest BCUT2D eigenvalue weighted by Crippen LogP contribution is 2.19. The van der Waals surface area contributed by atoms with Crippen LogP contribution in [0, 0.1) is 0 Å². The van der Waals surface area contributed by atoms with Crippen LogP contribution in [0.4, 0.5) is 0 Å². The van der Waals surface area contributed by atoms with Gasteiger partial charge < -0.3 is 9.84 Å². The zero-order chi connectivity index (χ0) is 12.5. The van der Waals surface area contributed by atoms with Crippen LogP contribution in [0.25, 0.3) is 0 Å². The molecule has 0 radical (unpaired) electrons. The van der Waals surface area contributed by atoms with Gasteiger partial charge in [0.2, 0.25) is 0 Å². The highest BCUT2D eigenvalue weighted by molar-refractivity contribution is 5.66. The molecule has 100 valence electrons. The third-order valence-electron chi connectivity index (χ3n) is 3.46. The standard InChI is InChI=1S/C14H26O3/c1-12(15)17-14-10-6-2-4-8-13(16)9-5-3-7-11-14/h13-14,16H,2-11H2,1H3. The summed E-state index contributed by atoms with van der Waals surface area (Å²) in [5, 5.41) is 9.69. The summed E-state index contributed by atoms with van der Waals surface area (Å²) in [6.07, 6.45) is 10.5. The van der Waals surface area contributed by atoms with Crippen LogP contribution in [0.5, 0.6) is 0 Å². The molecule has 0 spiro atoms. The Balaban J connectivity index is 2.31. The highest BCUT2D eigenvalue weighted by atomic mass is 16.5. The largest absolute Gasteiger partial charge is 0.463 e.